The number of para-hydroxylation sites is 2. The van der Waals surface area contributed by atoms with Gasteiger partial charge in [0.2, 0.25) is 0 Å². The molecule has 10 rings (SSSR count). The maximum absolute atomic E-state index is 5.43. The van der Waals surface area contributed by atoms with Crippen LogP contribution in [0, 0.1) is 0 Å². The molecular formula is C58H48N4. The van der Waals surface area contributed by atoms with Crippen molar-refractivity contribution < 1.29 is 0 Å². The lowest BCUT2D eigenvalue weighted by Crippen LogP contribution is -2.21. The Hall–Kier alpha value is -7.69. The topological polar surface area (TPSA) is 48.5 Å². The molecular weight excluding hydrogens is 753 g/mol. The van der Waals surface area contributed by atoms with Gasteiger partial charge in [0.15, 0.2) is 0 Å². The number of anilines is 5. The van der Waals surface area contributed by atoms with Gasteiger partial charge in [-0.15, -0.1) is 0 Å². The Kier molecular flexibility index (Phi) is 10.2. The average molecular weight is 801 g/mol. The summed E-state index contributed by atoms with van der Waals surface area (Å²) in [6.07, 6.45) is -0.225. The molecule has 0 radical (unpaired) electrons. The minimum absolute atomic E-state index is 0.0317. The van der Waals surface area contributed by atoms with Gasteiger partial charge in [-0.2, -0.15) is 0 Å². The first kappa shape index (κ1) is 38.5. The number of hydrogen-bond donors (Lipinski definition) is 3. The van der Waals surface area contributed by atoms with E-state index in [0.29, 0.717) is 0 Å². The molecule has 9 aromatic rings. The SMILES string of the molecule is CC(C)(C)c1cccc(C2N=C(c3ccc(Nc4ccc(-c5cccc(-c6ccccc6Nc6ccccc6)c5)cc4-c4ccccc4)cc3)c3ccc4ccccc4c3N2)c1. The molecule has 0 amide bonds. The Bertz CT molecular complexity index is 3070. The summed E-state index contributed by atoms with van der Waals surface area (Å²) in [6, 6.07) is 75.6. The van der Waals surface area contributed by atoms with Crippen molar-refractivity contribution in [1.82, 2.24) is 0 Å². The van der Waals surface area contributed by atoms with Gasteiger partial charge >= 0.3 is 0 Å². The fourth-order valence-corrected chi connectivity index (χ4v) is 8.50. The maximum atomic E-state index is 5.43. The molecule has 300 valence electrons. The number of aliphatic imine (C=N–C) groups is 1. The van der Waals surface area contributed by atoms with Crippen molar-refractivity contribution in [2.24, 2.45) is 4.99 Å². The van der Waals surface area contributed by atoms with E-state index in [1.54, 1.807) is 0 Å². The van der Waals surface area contributed by atoms with Crippen LogP contribution in [0.2, 0.25) is 0 Å². The number of nitrogens with one attached hydrogen (secondary N) is 3. The number of fused-ring (bicyclic) bond motifs is 3. The zero-order valence-corrected chi connectivity index (χ0v) is 35.2. The summed E-state index contributed by atoms with van der Waals surface area (Å²) in [5.74, 6) is 0. The Morgan fingerprint density at radius 2 is 1.06 bits per heavy atom. The molecule has 0 bridgehead atoms. The van der Waals surface area contributed by atoms with Crippen molar-refractivity contribution in [3.05, 3.63) is 235 Å². The van der Waals surface area contributed by atoms with E-state index in [2.05, 4.69) is 243 Å². The highest BCUT2D eigenvalue weighted by Gasteiger charge is 2.26. The van der Waals surface area contributed by atoms with Gasteiger partial charge in [-0.05, 0) is 92.7 Å². The lowest BCUT2D eigenvalue weighted by molar-refractivity contribution is 0.588. The van der Waals surface area contributed by atoms with Crippen LogP contribution < -0.4 is 16.0 Å². The summed E-state index contributed by atoms with van der Waals surface area (Å²) in [5, 5.41) is 13.6. The average Bonchev–Trinajstić information content (AvgIpc) is 3.32. The fraction of sp³-hybridized carbons (Fsp3) is 0.0862. The van der Waals surface area contributed by atoms with Gasteiger partial charge in [0, 0.05) is 50.4 Å². The van der Waals surface area contributed by atoms with Crippen molar-refractivity contribution in [1.29, 1.82) is 0 Å². The lowest BCUT2D eigenvalue weighted by Gasteiger charge is -2.29. The van der Waals surface area contributed by atoms with Gasteiger partial charge in [0.25, 0.3) is 0 Å². The molecule has 1 unspecified atom stereocenters. The first-order valence-corrected chi connectivity index (χ1v) is 21.4. The van der Waals surface area contributed by atoms with Gasteiger partial charge in [-0.1, -0.05) is 185 Å². The van der Waals surface area contributed by atoms with E-state index in [1.165, 1.54) is 16.3 Å². The van der Waals surface area contributed by atoms with Crippen LogP contribution in [0.1, 0.15) is 49.2 Å². The molecule has 0 aliphatic carbocycles. The minimum atomic E-state index is -0.225. The summed E-state index contributed by atoms with van der Waals surface area (Å²) in [7, 11) is 0. The molecule has 62 heavy (non-hydrogen) atoms. The predicted molar refractivity (Wildman–Crippen MR) is 263 cm³/mol. The highest BCUT2D eigenvalue weighted by Crippen LogP contribution is 2.40. The van der Waals surface area contributed by atoms with Crippen LogP contribution in [0.4, 0.5) is 28.4 Å². The molecule has 9 aromatic carbocycles. The van der Waals surface area contributed by atoms with Gasteiger partial charge in [0.1, 0.15) is 6.17 Å². The largest absolute Gasteiger partial charge is 0.359 e. The normalized spacial score (nSPS) is 13.5. The molecule has 0 saturated carbocycles. The summed E-state index contributed by atoms with van der Waals surface area (Å²) in [6.45, 7) is 6.78. The highest BCUT2D eigenvalue weighted by atomic mass is 15.1. The first-order valence-electron chi connectivity index (χ1n) is 21.4. The first-order chi connectivity index (χ1) is 30.3. The molecule has 4 heteroatoms. The third-order valence-corrected chi connectivity index (χ3v) is 11.8. The molecule has 4 nitrogen and oxygen atoms in total. The smallest absolute Gasteiger partial charge is 0.145 e. The second kappa shape index (κ2) is 16.4. The van der Waals surface area contributed by atoms with E-state index in [0.717, 1.165) is 84.2 Å². The molecule has 0 aromatic heterocycles. The number of nitrogens with zero attached hydrogens (tertiary/aromatic N) is 1. The third-order valence-electron chi connectivity index (χ3n) is 11.8. The van der Waals surface area contributed by atoms with Crippen LogP contribution in [0.15, 0.2) is 217 Å². The second-order valence-electron chi connectivity index (χ2n) is 17.1. The second-order valence-corrected chi connectivity index (χ2v) is 17.1. The van der Waals surface area contributed by atoms with Crippen molar-refractivity contribution in [3.8, 4) is 33.4 Å². The summed E-state index contributed by atoms with van der Waals surface area (Å²) >= 11 is 0. The molecule has 0 saturated heterocycles. The van der Waals surface area contributed by atoms with Crippen LogP contribution in [0.3, 0.4) is 0 Å². The summed E-state index contributed by atoms with van der Waals surface area (Å²) < 4.78 is 0. The molecule has 1 aliphatic rings. The fourth-order valence-electron chi connectivity index (χ4n) is 8.50. The zero-order valence-electron chi connectivity index (χ0n) is 35.2. The van der Waals surface area contributed by atoms with E-state index >= 15 is 0 Å². The lowest BCUT2D eigenvalue weighted by atomic mass is 9.85. The van der Waals surface area contributed by atoms with Gasteiger partial charge < -0.3 is 16.0 Å². The van der Waals surface area contributed by atoms with Crippen molar-refractivity contribution >= 4 is 44.9 Å². The minimum Gasteiger partial charge on any atom is -0.359 e. The zero-order chi connectivity index (χ0) is 42.0. The predicted octanol–water partition coefficient (Wildman–Crippen LogP) is 15.6. The van der Waals surface area contributed by atoms with Gasteiger partial charge in [0.05, 0.1) is 11.4 Å². The molecule has 0 spiro atoms. The maximum Gasteiger partial charge on any atom is 0.145 e. The molecule has 1 aliphatic heterocycles. The van der Waals surface area contributed by atoms with Crippen LogP contribution in [0.5, 0.6) is 0 Å². The molecule has 1 heterocycles. The van der Waals surface area contributed by atoms with Crippen LogP contribution >= 0.6 is 0 Å². The van der Waals surface area contributed by atoms with Crippen LogP contribution in [-0.2, 0) is 5.41 Å². The number of hydrogen-bond acceptors (Lipinski definition) is 4. The van der Waals surface area contributed by atoms with Crippen LogP contribution in [0.25, 0.3) is 44.2 Å². The van der Waals surface area contributed by atoms with Gasteiger partial charge in [-0.25, -0.2) is 0 Å². The van der Waals surface area contributed by atoms with Gasteiger partial charge in [-0.3, -0.25) is 4.99 Å². The number of rotatable bonds is 9. The van der Waals surface area contributed by atoms with Crippen molar-refractivity contribution in [2.75, 3.05) is 16.0 Å². The Morgan fingerprint density at radius 3 is 1.87 bits per heavy atom. The summed E-state index contributed by atoms with van der Waals surface area (Å²) in [5.41, 5.74) is 17.8. The van der Waals surface area contributed by atoms with Crippen LogP contribution in [-0.4, -0.2) is 5.71 Å². The molecule has 1 atom stereocenters. The Labute approximate surface area is 364 Å². The van der Waals surface area contributed by atoms with E-state index in [-0.39, 0.29) is 11.6 Å². The molecule has 0 fully saturated rings. The van der Waals surface area contributed by atoms with E-state index in [1.807, 2.05) is 6.07 Å². The van der Waals surface area contributed by atoms with E-state index in [4.69, 9.17) is 4.99 Å². The Balaban J connectivity index is 0.978. The number of benzene rings is 9. The van der Waals surface area contributed by atoms with Crippen molar-refractivity contribution in [3.63, 3.8) is 0 Å². The Morgan fingerprint density at radius 1 is 0.435 bits per heavy atom. The monoisotopic (exact) mass is 800 g/mol. The van der Waals surface area contributed by atoms with Crippen molar-refractivity contribution in [2.45, 2.75) is 32.4 Å². The standard InChI is InChI=1S/C58H48N4/c1-58(2,3)46-22-15-21-45(37-46)57-61-55(51-34-30-40-18-10-11-26-50(40)56(51)62-57)41-28-32-48(33-29-41)60-54-35-31-43(38-52(54)39-16-6-4-7-17-39)42-19-14-20-44(36-42)49-25-12-13-27-53(49)59-47-23-8-5-9-24-47/h4-38,57,59-60,62H,1-3H3. The summed E-state index contributed by atoms with van der Waals surface area (Å²) in [4.78, 5) is 5.43. The molecule has 3 N–H and O–H groups in total. The third kappa shape index (κ3) is 7.87. The van der Waals surface area contributed by atoms with E-state index in [9.17, 15) is 0 Å². The highest BCUT2D eigenvalue weighted by molar-refractivity contribution is 6.20. The van der Waals surface area contributed by atoms with E-state index < -0.39 is 0 Å². The quantitative estimate of drug-likeness (QED) is 0.136.